The minimum Gasteiger partial charge on any atom is -0.449 e. The minimum atomic E-state index is -0.959. The van der Waals surface area contributed by atoms with Crippen molar-refractivity contribution in [2.75, 3.05) is 16.8 Å². The minimum absolute atomic E-state index is 0.0482. The molecule has 1 aliphatic rings. The van der Waals surface area contributed by atoms with Crippen LogP contribution in [0.15, 0.2) is 48.5 Å². The molecule has 2 amide bonds. The summed E-state index contributed by atoms with van der Waals surface area (Å²) in [4.78, 5) is 38.7. The van der Waals surface area contributed by atoms with Crippen LogP contribution in [0.5, 0.6) is 0 Å². The molecule has 2 aromatic rings. The molecule has 0 radical (unpaired) electrons. The highest BCUT2D eigenvalue weighted by molar-refractivity contribution is 5.99. The van der Waals surface area contributed by atoms with E-state index in [1.165, 1.54) is 0 Å². The second kappa shape index (κ2) is 8.90. The van der Waals surface area contributed by atoms with Gasteiger partial charge in [-0.15, -0.1) is 0 Å². The van der Waals surface area contributed by atoms with Crippen LogP contribution in [0.1, 0.15) is 55.5 Å². The normalized spacial score (nSPS) is 14.8. The lowest BCUT2D eigenvalue weighted by Crippen LogP contribution is -2.30. The van der Waals surface area contributed by atoms with E-state index >= 15 is 0 Å². The number of rotatable bonds is 6. The zero-order valence-electron chi connectivity index (χ0n) is 17.0. The van der Waals surface area contributed by atoms with Crippen LogP contribution in [0.2, 0.25) is 0 Å². The number of amides is 2. The van der Waals surface area contributed by atoms with Crippen molar-refractivity contribution in [3.8, 4) is 0 Å². The van der Waals surface area contributed by atoms with Crippen LogP contribution >= 0.6 is 0 Å². The SMILES string of the molecule is CC(C)c1ccccc1NC(=O)[C@H](C)OC(=O)c1cccc(N2CCCC2=O)c1. The van der Waals surface area contributed by atoms with Gasteiger partial charge in [-0.05, 0) is 49.1 Å². The van der Waals surface area contributed by atoms with Gasteiger partial charge in [-0.3, -0.25) is 9.59 Å². The first kappa shape index (κ1) is 20.6. The summed E-state index contributed by atoms with van der Waals surface area (Å²) >= 11 is 0. The summed E-state index contributed by atoms with van der Waals surface area (Å²) in [6.45, 7) is 6.28. The van der Waals surface area contributed by atoms with Gasteiger partial charge in [0, 0.05) is 24.3 Å². The number of anilines is 2. The molecule has 6 heteroatoms. The third-order valence-electron chi connectivity index (χ3n) is 4.96. The smallest absolute Gasteiger partial charge is 0.338 e. The van der Waals surface area contributed by atoms with Crippen LogP contribution in [0.3, 0.4) is 0 Å². The van der Waals surface area contributed by atoms with Gasteiger partial charge >= 0.3 is 5.97 Å². The van der Waals surface area contributed by atoms with E-state index in [4.69, 9.17) is 4.74 Å². The van der Waals surface area contributed by atoms with Gasteiger partial charge in [0.15, 0.2) is 6.10 Å². The van der Waals surface area contributed by atoms with Crippen molar-refractivity contribution in [3.05, 3.63) is 59.7 Å². The first-order chi connectivity index (χ1) is 13.9. The molecule has 1 fully saturated rings. The molecule has 1 aliphatic heterocycles. The molecule has 2 aromatic carbocycles. The Balaban J connectivity index is 1.66. The first-order valence-electron chi connectivity index (χ1n) is 9.88. The predicted molar refractivity (Wildman–Crippen MR) is 112 cm³/mol. The van der Waals surface area contributed by atoms with Crippen molar-refractivity contribution in [3.63, 3.8) is 0 Å². The van der Waals surface area contributed by atoms with Crippen LogP contribution < -0.4 is 10.2 Å². The van der Waals surface area contributed by atoms with E-state index < -0.39 is 18.0 Å². The maximum Gasteiger partial charge on any atom is 0.338 e. The molecule has 1 saturated heterocycles. The van der Waals surface area contributed by atoms with Gasteiger partial charge in [0.05, 0.1) is 5.56 Å². The third-order valence-corrected chi connectivity index (χ3v) is 4.96. The highest BCUT2D eigenvalue weighted by atomic mass is 16.5. The Kier molecular flexibility index (Phi) is 6.32. The molecule has 6 nitrogen and oxygen atoms in total. The largest absolute Gasteiger partial charge is 0.449 e. The van der Waals surface area contributed by atoms with Crippen molar-refractivity contribution < 1.29 is 19.1 Å². The predicted octanol–water partition coefficient (Wildman–Crippen LogP) is 4.12. The fraction of sp³-hybridized carbons (Fsp3) is 0.348. The van der Waals surface area contributed by atoms with Crippen LogP contribution in [0.25, 0.3) is 0 Å². The summed E-state index contributed by atoms with van der Waals surface area (Å²) in [6.07, 6.45) is 0.367. The maximum absolute atomic E-state index is 12.5. The topological polar surface area (TPSA) is 75.7 Å². The van der Waals surface area contributed by atoms with E-state index in [0.29, 0.717) is 29.9 Å². The molecule has 0 bridgehead atoms. The van der Waals surface area contributed by atoms with Crippen molar-refractivity contribution in [2.45, 2.75) is 45.6 Å². The lowest BCUT2D eigenvalue weighted by Gasteiger charge is -2.18. The Morgan fingerprint density at radius 2 is 1.83 bits per heavy atom. The Hall–Kier alpha value is -3.15. The number of para-hydroxylation sites is 1. The summed E-state index contributed by atoms with van der Waals surface area (Å²) < 4.78 is 5.36. The number of benzene rings is 2. The van der Waals surface area contributed by atoms with Crippen molar-refractivity contribution in [2.24, 2.45) is 0 Å². The van der Waals surface area contributed by atoms with Gasteiger partial charge in [0.1, 0.15) is 0 Å². The average Bonchev–Trinajstić information content (AvgIpc) is 3.14. The number of nitrogens with zero attached hydrogens (tertiary/aromatic N) is 1. The zero-order chi connectivity index (χ0) is 21.0. The summed E-state index contributed by atoms with van der Waals surface area (Å²) in [5.74, 6) is -0.692. The maximum atomic E-state index is 12.5. The molecule has 29 heavy (non-hydrogen) atoms. The molecular weight excluding hydrogens is 368 g/mol. The highest BCUT2D eigenvalue weighted by Gasteiger charge is 2.24. The van der Waals surface area contributed by atoms with Crippen LogP contribution in [-0.4, -0.2) is 30.4 Å². The van der Waals surface area contributed by atoms with Gasteiger partial charge in [-0.25, -0.2) is 4.79 Å². The first-order valence-corrected chi connectivity index (χ1v) is 9.88. The molecule has 1 heterocycles. The fourth-order valence-electron chi connectivity index (χ4n) is 3.35. The van der Waals surface area contributed by atoms with Crippen molar-refractivity contribution >= 4 is 29.2 Å². The Morgan fingerprint density at radius 1 is 1.07 bits per heavy atom. The summed E-state index contributed by atoms with van der Waals surface area (Å²) in [5.41, 5.74) is 2.71. The zero-order valence-corrected chi connectivity index (χ0v) is 17.0. The summed E-state index contributed by atoms with van der Waals surface area (Å²) in [5, 5.41) is 2.84. The standard InChI is InChI=1S/C23H26N2O4/c1-15(2)19-10-4-5-11-20(19)24-22(27)16(3)29-23(28)17-8-6-9-18(14-17)25-13-7-12-21(25)26/h4-6,8-11,14-16H,7,12-13H2,1-3H3,(H,24,27)/t16-/m0/s1. The van der Waals surface area contributed by atoms with Crippen LogP contribution in [0.4, 0.5) is 11.4 Å². The molecule has 0 aromatic heterocycles. The number of carbonyl (C=O) groups is 3. The monoisotopic (exact) mass is 394 g/mol. The molecule has 0 unspecified atom stereocenters. The molecule has 0 saturated carbocycles. The van der Waals surface area contributed by atoms with E-state index in [9.17, 15) is 14.4 Å². The van der Waals surface area contributed by atoms with E-state index in [-0.39, 0.29) is 11.8 Å². The molecule has 0 spiro atoms. The number of hydrogen-bond acceptors (Lipinski definition) is 4. The molecule has 0 aliphatic carbocycles. The van der Waals surface area contributed by atoms with Crippen LogP contribution in [-0.2, 0) is 14.3 Å². The molecule has 3 rings (SSSR count). The molecule has 1 N–H and O–H groups in total. The fourth-order valence-corrected chi connectivity index (χ4v) is 3.35. The lowest BCUT2D eigenvalue weighted by atomic mass is 10.0. The van der Waals surface area contributed by atoms with Gasteiger partial charge in [0.2, 0.25) is 5.91 Å². The van der Waals surface area contributed by atoms with E-state index in [0.717, 1.165) is 12.0 Å². The number of nitrogens with one attached hydrogen (secondary N) is 1. The summed E-state index contributed by atoms with van der Waals surface area (Å²) in [7, 11) is 0. The Morgan fingerprint density at radius 3 is 2.52 bits per heavy atom. The Bertz CT molecular complexity index is 923. The quantitative estimate of drug-likeness (QED) is 0.748. The van der Waals surface area contributed by atoms with Gasteiger partial charge in [0.25, 0.3) is 5.91 Å². The third kappa shape index (κ3) is 4.83. The summed E-state index contributed by atoms with van der Waals surface area (Å²) in [6, 6.07) is 14.3. The van der Waals surface area contributed by atoms with E-state index in [2.05, 4.69) is 5.32 Å². The van der Waals surface area contributed by atoms with Gasteiger partial charge < -0.3 is 15.0 Å². The number of carbonyl (C=O) groups excluding carboxylic acids is 3. The molecular formula is C23H26N2O4. The average molecular weight is 394 g/mol. The van der Waals surface area contributed by atoms with Crippen LogP contribution in [0, 0.1) is 0 Å². The van der Waals surface area contributed by atoms with Gasteiger partial charge in [-0.2, -0.15) is 0 Å². The molecule has 152 valence electrons. The highest BCUT2D eigenvalue weighted by Crippen LogP contribution is 2.25. The number of ether oxygens (including phenoxy) is 1. The lowest BCUT2D eigenvalue weighted by molar-refractivity contribution is -0.123. The van der Waals surface area contributed by atoms with Gasteiger partial charge in [-0.1, -0.05) is 38.1 Å². The molecule has 1 atom stereocenters. The van der Waals surface area contributed by atoms with E-state index in [1.54, 1.807) is 36.1 Å². The Labute approximate surface area is 170 Å². The van der Waals surface area contributed by atoms with Crippen molar-refractivity contribution in [1.29, 1.82) is 0 Å². The van der Waals surface area contributed by atoms with Crippen molar-refractivity contribution in [1.82, 2.24) is 0 Å². The second-order valence-corrected chi connectivity index (χ2v) is 7.48. The van der Waals surface area contributed by atoms with E-state index in [1.807, 2.05) is 38.1 Å². The second-order valence-electron chi connectivity index (χ2n) is 7.48. The number of esters is 1. The number of hydrogen-bond donors (Lipinski definition) is 1.